The lowest BCUT2D eigenvalue weighted by atomic mass is 10.3. The monoisotopic (exact) mass is 144 g/mol. The third kappa shape index (κ3) is 11.2. The summed E-state index contributed by atoms with van der Waals surface area (Å²) in [6, 6.07) is 0. The molecule has 0 amide bonds. The molecule has 0 fully saturated rings. The van der Waals surface area contributed by atoms with Gasteiger partial charge in [-0.2, -0.15) is 0 Å². The van der Waals surface area contributed by atoms with Crippen molar-refractivity contribution in [1.29, 1.82) is 0 Å². The first-order valence-electron chi connectivity index (χ1n) is 2.92. The number of hydrogen-bond acceptors (Lipinski definition) is 3. The Kier molecular flexibility index (Phi) is 5.41. The highest BCUT2D eigenvalue weighted by Gasteiger charge is 1.68. The molecule has 0 spiro atoms. The topological polar surface area (TPSA) is 25.8 Å². The first-order valence-corrected chi connectivity index (χ1v) is 3.86. The SMILES string of the molecule is CC(C)C.c1nncs1. The molecule has 0 atom stereocenters. The predicted octanol–water partition coefficient (Wildman–Crippen LogP) is 2.20. The van der Waals surface area contributed by atoms with Gasteiger partial charge in [0.05, 0.1) is 0 Å². The van der Waals surface area contributed by atoms with E-state index in [-0.39, 0.29) is 0 Å². The molecule has 0 aliphatic heterocycles. The zero-order chi connectivity index (χ0) is 7.11. The van der Waals surface area contributed by atoms with Crippen LogP contribution in [-0.4, -0.2) is 10.2 Å². The molecule has 0 saturated heterocycles. The van der Waals surface area contributed by atoms with E-state index in [2.05, 4.69) is 31.0 Å². The zero-order valence-electron chi connectivity index (χ0n) is 6.03. The van der Waals surface area contributed by atoms with Crippen LogP contribution in [0, 0.1) is 5.92 Å². The van der Waals surface area contributed by atoms with Gasteiger partial charge in [-0.05, 0) is 5.92 Å². The molecule has 0 saturated carbocycles. The van der Waals surface area contributed by atoms with Gasteiger partial charge in [-0.25, -0.2) is 0 Å². The highest BCUT2D eigenvalue weighted by atomic mass is 32.1. The van der Waals surface area contributed by atoms with Gasteiger partial charge in [-0.3, -0.25) is 0 Å². The molecule has 1 heterocycles. The fourth-order valence-electron chi connectivity index (χ4n) is 0.136. The third-order valence-electron chi connectivity index (χ3n) is 0.283. The minimum absolute atomic E-state index is 0.833. The molecule has 0 radical (unpaired) electrons. The van der Waals surface area contributed by atoms with Gasteiger partial charge in [-0.15, -0.1) is 21.5 Å². The van der Waals surface area contributed by atoms with Crippen molar-refractivity contribution in [2.75, 3.05) is 0 Å². The van der Waals surface area contributed by atoms with Crippen molar-refractivity contribution >= 4 is 11.3 Å². The second-order valence-corrected chi connectivity index (χ2v) is 3.00. The molecular formula is C6H12N2S. The van der Waals surface area contributed by atoms with Crippen molar-refractivity contribution in [3.63, 3.8) is 0 Å². The van der Waals surface area contributed by atoms with Crippen LogP contribution in [0.2, 0.25) is 0 Å². The molecule has 0 aliphatic carbocycles. The Morgan fingerprint density at radius 1 is 1.11 bits per heavy atom. The van der Waals surface area contributed by atoms with Crippen LogP contribution < -0.4 is 0 Å². The van der Waals surface area contributed by atoms with E-state index in [9.17, 15) is 0 Å². The lowest BCUT2D eigenvalue weighted by Gasteiger charge is -1.79. The number of rotatable bonds is 0. The summed E-state index contributed by atoms with van der Waals surface area (Å²) in [7, 11) is 0. The Hall–Kier alpha value is -0.440. The largest absolute Gasteiger partial charge is 0.147 e. The highest BCUT2D eigenvalue weighted by Crippen LogP contribution is 1.81. The third-order valence-corrected chi connectivity index (χ3v) is 0.715. The second-order valence-electron chi connectivity index (χ2n) is 2.31. The minimum atomic E-state index is 0.833. The maximum Gasteiger partial charge on any atom is 0.103 e. The molecule has 3 heteroatoms. The summed E-state index contributed by atoms with van der Waals surface area (Å²) in [4.78, 5) is 0. The summed E-state index contributed by atoms with van der Waals surface area (Å²) in [6.07, 6.45) is 0. The summed E-state index contributed by atoms with van der Waals surface area (Å²) in [6.45, 7) is 6.50. The van der Waals surface area contributed by atoms with Crippen LogP contribution in [0.25, 0.3) is 0 Å². The summed E-state index contributed by atoms with van der Waals surface area (Å²) in [5, 5.41) is 6.98. The van der Waals surface area contributed by atoms with E-state index in [0.29, 0.717) is 0 Å². The van der Waals surface area contributed by atoms with Gasteiger partial charge in [-0.1, -0.05) is 20.8 Å². The van der Waals surface area contributed by atoms with Gasteiger partial charge >= 0.3 is 0 Å². The first kappa shape index (κ1) is 8.56. The average molecular weight is 144 g/mol. The summed E-state index contributed by atoms with van der Waals surface area (Å²) in [5.74, 6) is 0.833. The maximum absolute atomic E-state index is 3.49. The van der Waals surface area contributed by atoms with Crippen LogP contribution >= 0.6 is 11.3 Å². The van der Waals surface area contributed by atoms with Crippen molar-refractivity contribution in [3.05, 3.63) is 11.0 Å². The van der Waals surface area contributed by atoms with Crippen LogP contribution in [-0.2, 0) is 0 Å². The van der Waals surface area contributed by atoms with Crippen molar-refractivity contribution in [2.24, 2.45) is 5.92 Å². The van der Waals surface area contributed by atoms with Crippen molar-refractivity contribution in [2.45, 2.75) is 20.8 Å². The van der Waals surface area contributed by atoms with Crippen molar-refractivity contribution in [1.82, 2.24) is 10.2 Å². The minimum Gasteiger partial charge on any atom is -0.147 e. The van der Waals surface area contributed by atoms with E-state index >= 15 is 0 Å². The lowest BCUT2D eigenvalue weighted by molar-refractivity contribution is 0.737. The summed E-state index contributed by atoms with van der Waals surface area (Å²) < 4.78 is 0. The second kappa shape index (κ2) is 5.69. The van der Waals surface area contributed by atoms with E-state index in [4.69, 9.17) is 0 Å². The Morgan fingerprint density at radius 2 is 1.44 bits per heavy atom. The molecule has 0 aliphatic rings. The maximum atomic E-state index is 3.49. The van der Waals surface area contributed by atoms with Crippen LogP contribution in [0.5, 0.6) is 0 Å². The van der Waals surface area contributed by atoms with Crippen molar-refractivity contribution in [3.8, 4) is 0 Å². The predicted molar refractivity (Wildman–Crippen MR) is 40.4 cm³/mol. The molecule has 0 aromatic carbocycles. The molecule has 0 bridgehead atoms. The van der Waals surface area contributed by atoms with Gasteiger partial charge in [0.15, 0.2) is 0 Å². The Labute approximate surface area is 59.9 Å². The molecule has 1 aromatic heterocycles. The van der Waals surface area contributed by atoms with E-state index < -0.39 is 0 Å². The van der Waals surface area contributed by atoms with Crippen LogP contribution in [0.4, 0.5) is 0 Å². The van der Waals surface area contributed by atoms with Gasteiger partial charge < -0.3 is 0 Å². The number of hydrogen-bond donors (Lipinski definition) is 0. The highest BCUT2D eigenvalue weighted by molar-refractivity contribution is 7.07. The fraction of sp³-hybridized carbons (Fsp3) is 0.667. The summed E-state index contributed by atoms with van der Waals surface area (Å²) in [5.41, 5.74) is 3.36. The Balaban J connectivity index is 0.000000148. The van der Waals surface area contributed by atoms with Gasteiger partial charge in [0, 0.05) is 0 Å². The molecule has 52 valence electrons. The molecular weight excluding hydrogens is 132 g/mol. The molecule has 9 heavy (non-hydrogen) atoms. The molecule has 0 unspecified atom stereocenters. The number of aromatic nitrogens is 2. The first-order chi connectivity index (χ1) is 4.23. The van der Waals surface area contributed by atoms with Gasteiger partial charge in [0.2, 0.25) is 0 Å². The average Bonchev–Trinajstić information content (AvgIpc) is 2.11. The van der Waals surface area contributed by atoms with E-state index in [1.165, 1.54) is 11.3 Å². The van der Waals surface area contributed by atoms with Gasteiger partial charge in [0.1, 0.15) is 11.0 Å². The van der Waals surface area contributed by atoms with Crippen LogP contribution in [0.3, 0.4) is 0 Å². The quantitative estimate of drug-likeness (QED) is 0.558. The Morgan fingerprint density at radius 3 is 1.56 bits per heavy atom. The molecule has 1 aromatic rings. The Bertz CT molecular complexity index is 94.6. The molecule has 0 N–H and O–H groups in total. The lowest BCUT2D eigenvalue weighted by Crippen LogP contribution is -1.66. The standard InChI is InChI=1S/C4H10.C2H2N2S/c1-4(2)3;1-3-4-2-5-1/h4H,1-3H3;1-2H. The van der Waals surface area contributed by atoms with Crippen molar-refractivity contribution < 1.29 is 0 Å². The van der Waals surface area contributed by atoms with E-state index in [0.717, 1.165) is 5.92 Å². The number of nitrogens with zero attached hydrogens (tertiary/aromatic N) is 2. The zero-order valence-corrected chi connectivity index (χ0v) is 6.85. The normalized spacial score (nSPS) is 8.44. The fourth-order valence-corrected chi connectivity index (χ4v) is 0.408. The van der Waals surface area contributed by atoms with Gasteiger partial charge in [0.25, 0.3) is 0 Å². The van der Waals surface area contributed by atoms with E-state index in [1.807, 2.05) is 0 Å². The van der Waals surface area contributed by atoms with Crippen LogP contribution in [0.1, 0.15) is 20.8 Å². The van der Waals surface area contributed by atoms with E-state index in [1.54, 1.807) is 11.0 Å². The molecule has 2 nitrogen and oxygen atoms in total. The van der Waals surface area contributed by atoms with Crippen LogP contribution in [0.15, 0.2) is 11.0 Å². The smallest absolute Gasteiger partial charge is 0.103 e. The molecule has 1 rings (SSSR count). The summed E-state index contributed by atoms with van der Waals surface area (Å²) >= 11 is 1.49.